The molecule has 116 valence electrons. The summed E-state index contributed by atoms with van der Waals surface area (Å²) in [6.07, 6.45) is 1.20. The number of ether oxygens (including phenoxy) is 1. The third-order valence-corrected chi connectivity index (χ3v) is 5.10. The van der Waals surface area contributed by atoms with Gasteiger partial charge in [-0.3, -0.25) is 4.90 Å². The summed E-state index contributed by atoms with van der Waals surface area (Å²) in [6.45, 7) is 5.10. The minimum absolute atomic E-state index is 0. The highest BCUT2D eigenvalue weighted by molar-refractivity contribution is 7.18. The molecule has 0 saturated carbocycles. The molecule has 0 amide bonds. The maximum atomic E-state index is 5.79. The van der Waals surface area contributed by atoms with Gasteiger partial charge in [-0.25, -0.2) is 4.98 Å². The average Bonchev–Trinajstić information content (AvgIpc) is 3.01. The second-order valence-electron chi connectivity index (χ2n) is 5.56. The van der Waals surface area contributed by atoms with E-state index >= 15 is 0 Å². The van der Waals surface area contributed by atoms with Gasteiger partial charge in [0, 0.05) is 12.6 Å². The lowest BCUT2D eigenvalue weighted by molar-refractivity contribution is 0.255. The predicted molar refractivity (Wildman–Crippen MR) is 90.5 cm³/mol. The van der Waals surface area contributed by atoms with Gasteiger partial charge in [0.1, 0.15) is 10.8 Å². The summed E-state index contributed by atoms with van der Waals surface area (Å²) in [5.41, 5.74) is 6.85. The molecule has 21 heavy (non-hydrogen) atoms. The van der Waals surface area contributed by atoms with Crippen molar-refractivity contribution in [2.24, 2.45) is 11.7 Å². The molecular formula is C15H22ClN3OS. The Hall–Kier alpha value is -0.880. The maximum Gasteiger partial charge on any atom is 0.120 e. The summed E-state index contributed by atoms with van der Waals surface area (Å²) in [7, 11) is 1.70. The zero-order valence-corrected chi connectivity index (χ0v) is 14.0. The number of benzene rings is 1. The van der Waals surface area contributed by atoms with Crippen LogP contribution in [0.2, 0.25) is 0 Å². The van der Waals surface area contributed by atoms with Gasteiger partial charge >= 0.3 is 0 Å². The van der Waals surface area contributed by atoms with Crippen molar-refractivity contribution in [3.05, 3.63) is 23.2 Å². The molecule has 0 spiro atoms. The van der Waals surface area contributed by atoms with Crippen molar-refractivity contribution in [1.82, 2.24) is 9.88 Å². The predicted octanol–water partition coefficient (Wildman–Crippen LogP) is 2.90. The Bertz CT molecular complexity index is 604. The van der Waals surface area contributed by atoms with E-state index in [-0.39, 0.29) is 12.4 Å². The first-order valence-corrected chi connectivity index (χ1v) is 7.89. The molecule has 1 aromatic carbocycles. The third kappa shape index (κ3) is 3.48. The van der Waals surface area contributed by atoms with E-state index in [0.717, 1.165) is 30.9 Å². The van der Waals surface area contributed by atoms with Gasteiger partial charge in [-0.1, -0.05) is 0 Å². The zero-order chi connectivity index (χ0) is 14.1. The van der Waals surface area contributed by atoms with E-state index in [4.69, 9.17) is 15.5 Å². The van der Waals surface area contributed by atoms with Crippen molar-refractivity contribution in [3.8, 4) is 5.75 Å². The van der Waals surface area contributed by atoms with Crippen molar-refractivity contribution in [1.29, 1.82) is 0 Å². The zero-order valence-electron chi connectivity index (χ0n) is 12.4. The van der Waals surface area contributed by atoms with Gasteiger partial charge in [-0.15, -0.1) is 23.7 Å². The monoisotopic (exact) mass is 327 g/mol. The number of halogens is 1. The largest absolute Gasteiger partial charge is 0.497 e. The molecule has 3 rings (SSSR count). The Labute approximate surface area is 135 Å². The van der Waals surface area contributed by atoms with Crippen LogP contribution in [0.3, 0.4) is 0 Å². The topological polar surface area (TPSA) is 51.4 Å². The number of fused-ring (bicyclic) bond motifs is 1. The first-order valence-electron chi connectivity index (χ1n) is 7.07. The molecule has 2 unspecified atom stereocenters. The maximum absolute atomic E-state index is 5.79. The quantitative estimate of drug-likeness (QED) is 0.938. The van der Waals surface area contributed by atoms with Crippen LogP contribution in [0.4, 0.5) is 0 Å². The fourth-order valence-corrected chi connectivity index (χ4v) is 3.95. The van der Waals surface area contributed by atoms with Gasteiger partial charge in [0.15, 0.2) is 0 Å². The normalized spacial score (nSPS) is 22.4. The average molecular weight is 328 g/mol. The molecule has 0 aliphatic carbocycles. The van der Waals surface area contributed by atoms with Crippen LogP contribution in [-0.2, 0) is 6.54 Å². The lowest BCUT2D eigenvalue weighted by Gasteiger charge is -2.19. The lowest BCUT2D eigenvalue weighted by Crippen LogP contribution is -2.27. The van der Waals surface area contributed by atoms with E-state index in [2.05, 4.69) is 17.9 Å². The number of methoxy groups -OCH3 is 1. The number of rotatable bonds is 4. The molecule has 0 radical (unpaired) electrons. The van der Waals surface area contributed by atoms with E-state index in [9.17, 15) is 0 Å². The van der Waals surface area contributed by atoms with Crippen molar-refractivity contribution in [3.63, 3.8) is 0 Å². The Morgan fingerprint density at radius 2 is 2.29 bits per heavy atom. The Morgan fingerprint density at radius 3 is 2.95 bits per heavy atom. The van der Waals surface area contributed by atoms with Crippen LogP contribution in [0.15, 0.2) is 18.2 Å². The Kier molecular flexibility index (Phi) is 5.43. The highest BCUT2D eigenvalue weighted by atomic mass is 35.5. The molecule has 1 aliphatic heterocycles. The van der Waals surface area contributed by atoms with Crippen molar-refractivity contribution < 1.29 is 4.74 Å². The summed E-state index contributed by atoms with van der Waals surface area (Å²) in [4.78, 5) is 7.22. The van der Waals surface area contributed by atoms with Crippen LogP contribution in [-0.4, -0.2) is 36.1 Å². The molecule has 2 atom stereocenters. The van der Waals surface area contributed by atoms with Gasteiger partial charge in [-0.2, -0.15) is 0 Å². The smallest absolute Gasteiger partial charge is 0.120 e. The number of aromatic nitrogens is 1. The first kappa shape index (κ1) is 16.5. The van der Waals surface area contributed by atoms with Crippen molar-refractivity contribution >= 4 is 34.0 Å². The molecular weight excluding hydrogens is 306 g/mol. The molecule has 0 bridgehead atoms. The summed E-state index contributed by atoms with van der Waals surface area (Å²) < 4.78 is 6.46. The van der Waals surface area contributed by atoms with Gasteiger partial charge in [0.25, 0.3) is 0 Å². The van der Waals surface area contributed by atoms with Crippen LogP contribution in [0.25, 0.3) is 10.2 Å². The fourth-order valence-electron chi connectivity index (χ4n) is 2.93. The van der Waals surface area contributed by atoms with E-state index in [1.165, 1.54) is 16.1 Å². The number of hydrogen-bond acceptors (Lipinski definition) is 5. The van der Waals surface area contributed by atoms with Gasteiger partial charge in [0.2, 0.25) is 0 Å². The number of likely N-dealkylation sites (tertiary alicyclic amines) is 1. The standard InChI is InChI=1S/C15H21N3OS.ClH/c1-10-5-11(7-16)8-18(10)9-15-17-13-4-3-12(19-2)6-14(13)20-15;/h3-4,6,10-11H,5,7-9,16H2,1-2H3;1H. The molecule has 2 N–H and O–H groups in total. The summed E-state index contributed by atoms with van der Waals surface area (Å²) >= 11 is 1.76. The van der Waals surface area contributed by atoms with E-state index in [1.807, 2.05) is 12.1 Å². The molecule has 2 heterocycles. The minimum atomic E-state index is 0. The van der Waals surface area contributed by atoms with E-state index in [1.54, 1.807) is 18.4 Å². The number of thiazole rings is 1. The van der Waals surface area contributed by atoms with Crippen molar-refractivity contribution in [2.45, 2.75) is 25.9 Å². The lowest BCUT2D eigenvalue weighted by atomic mass is 10.1. The van der Waals surface area contributed by atoms with E-state index < -0.39 is 0 Å². The van der Waals surface area contributed by atoms with Crippen LogP contribution in [0.5, 0.6) is 5.75 Å². The molecule has 4 nitrogen and oxygen atoms in total. The minimum Gasteiger partial charge on any atom is -0.497 e. The molecule has 6 heteroatoms. The van der Waals surface area contributed by atoms with Gasteiger partial charge in [0.05, 0.1) is 23.9 Å². The SMILES string of the molecule is COc1ccc2nc(CN3CC(CN)CC3C)sc2c1.Cl. The molecule has 2 aromatic rings. The highest BCUT2D eigenvalue weighted by Gasteiger charge is 2.28. The molecule has 1 aromatic heterocycles. The van der Waals surface area contributed by atoms with Crippen LogP contribution in [0.1, 0.15) is 18.4 Å². The van der Waals surface area contributed by atoms with E-state index in [0.29, 0.717) is 12.0 Å². The van der Waals surface area contributed by atoms with Crippen LogP contribution < -0.4 is 10.5 Å². The summed E-state index contributed by atoms with van der Waals surface area (Å²) in [6, 6.07) is 6.66. The number of nitrogens with zero attached hydrogens (tertiary/aromatic N) is 2. The van der Waals surface area contributed by atoms with Crippen LogP contribution in [0, 0.1) is 5.92 Å². The molecule has 1 saturated heterocycles. The second kappa shape index (κ2) is 6.92. The fraction of sp³-hybridized carbons (Fsp3) is 0.533. The van der Waals surface area contributed by atoms with Gasteiger partial charge < -0.3 is 10.5 Å². The Morgan fingerprint density at radius 1 is 1.48 bits per heavy atom. The number of nitrogens with two attached hydrogens (primary N) is 1. The number of hydrogen-bond donors (Lipinski definition) is 1. The van der Waals surface area contributed by atoms with Crippen molar-refractivity contribution in [2.75, 3.05) is 20.2 Å². The first-order chi connectivity index (χ1) is 9.69. The highest BCUT2D eigenvalue weighted by Crippen LogP contribution is 2.29. The van der Waals surface area contributed by atoms with Gasteiger partial charge in [-0.05, 0) is 44.0 Å². The Balaban J connectivity index is 0.00000161. The van der Waals surface area contributed by atoms with Crippen LogP contribution >= 0.6 is 23.7 Å². The summed E-state index contributed by atoms with van der Waals surface area (Å²) in [5, 5.41) is 1.18. The molecule has 1 fully saturated rings. The molecule has 1 aliphatic rings. The second-order valence-corrected chi connectivity index (χ2v) is 6.67. The third-order valence-electron chi connectivity index (χ3n) is 4.10. The summed E-state index contributed by atoms with van der Waals surface area (Å²) in [5.74, 6) is 1.53.